The lowest BCUT2D eigenvalue weighted by molar-refractivity contribution is 0.0389. The zero-order valence-electron chi connectivity index (χ0n) is 17.5. The van der Waals surface area contributed by atoms with Crippen molar-refractivity contribution in [3.63, 3.8) is 0 Å². The van der Waals surface area contributed by atoms with Gasteiger partial charge in [0.15, 0.2) is 5.96 Å². The van der Waals surface area contributed by atoms with Gasteiger partial charge in [0.2, 0.25) is 0 Å². The summed E-state index contributed by atoms with van der Waals surface area (Å²) in [7, 11) is 1.85. The summed E-state index contributed by atoms with van der Waals surface area (Å²) in [4.78, 5) is 14.1. The predicted octanol–water partition coefficient (Wildman–Crippen LogP) is 1.41. The molecule has 7 nitrogen and oxygen atoms in total. The van der Waals surface area contributed by atoms with Crippen molar-refractivity contribution in [2.75, 3.05) is 66.1 Å². The van der Waals surface area contributed by atoms with Crippen molar-refractivity contribution >= 4 is 17.3 Å². The SMILES string of the molecule is CCc1nc(CN2CCC(CNC(=NC)NCCN3CCOCC3)CC2)cs1. The molecule has 3 rings (SSSR count). The fourth-order valence-electron chi connectivity index (χ4n) is 3.78. The maximum Gasteiger partial charge on any atom is 0.191 e. The largest absolute Gasteiger partial charge is 0.379 e. The number of rotatable bonds is 8. The third-order valence-electron chi connectivity index (χ3n) is 5.60. The van der Waals surface area contributed by atoms with Gasteiger partial charge in [0.05, 0.1) is 23.9 Å². The summed E-state index contributed by atoms with van der Waals surface area (Å²) in [6.45, 7) is 12.2. The van der Waals surface area contributed by atoms with Crippen LogP contribution in [0.1, 0.15) is 30.5 Å². The number of hydrogen-bond donors (Lipinski definition) is 2. The van der Waals surface area contributed by atoms with E-state index >= 15 is 0 Å². The van der Waals surface area contributed by atoms with Gasteiger partial charge in [-0.05, 0) is 38.3 Å². The number of ether oxygens (including phenoxy) is 1. The molecule has 2 N–H and O–H groups in total. The number of aliphatic imine (C=N–C) groups is 1. The fourth-order valence-corrected chi connectivity index (χ4v) is 4.52. The second-order valence-electron chi connectivity index (χ2n) is 7.64. The lowest BCUT2D eigenvalue weighted by Gasteiger charge is -2.32. The van der Waals surface area contributed by atoms with Crippen molar-refractivity contribution in [1.29, 1.82) is 0 Å². The third-order valence-corrected chi connectivity index (χ3v) is 6.64. The Morgan fingerprint density at radius 3 is 2.68 bits per heavy atom. The van der Waals surface area contributed by atoms with E-state index in [9.17, 15) is 0 Å². The van der Waals surface area contributed by atoms with Crippen molar-refractivity contribution < 1.29 is 4.74 Å². The lowest BCUT2D eigenvalue weighted by Crippen LogP contribution is -2.46. The van der Waals surface area contributed by atoms with Crippen LogP contribution in [0.5, 0.6) is 0 Å². The topological polar surface area (TPSA) is 65.0 Å². The average Bonchev–Trinajstić information content (AvgIpc) is 3.20. The van der Waals surface area contributed by atoms with Gasteiger partial charge in [-0.1, -0.05) is 6.92 Å². The van der Waals surface area contributed by atoms with E-state index in [1.54, 1.807) is 11.3 Å². The first-order valence-corrected chi connectivity index (χ1v) is 11.5. The molecule has 0 unspecified atom stereocenters. The third kappa shape index (κ3) is 6.99. The summed E-state index contributed by atoms with van der Waals surface area (Å²) in [6.07, 6.45) is 3.52. The number of thiazole rings is 1. The first kappa shape index (κ1) is 21.5. The number of nitrogens with one attached hydrogen (secondary N) is 2. The van der Waals surface area contributed by atoms with Crippen LogP contribution in [0, 0.1) is 5.92 Å². The molecule has 28 heavy (non-hydrogen) atoms. The summed E-state index contributed by atoms with van der Waals surface area (Å²) in [5.74, 6) is 1.64. The van der Waals surface area contributed by atoms with E-state index in [2.05, 4.69) is 37.7 Å². The second kappa shape index (κ2) is 11.7. The van der Waals surface area contributed by atoms with Crippen LogP contribution in [0.4, 0.5) is 0 Å². The molecule has 2 aliphatic rings. The molecule has 8 heteroatoms. The molecule has 2 saturated heterocycles. The molecule has 0 amide bonds. The molecule has 158 valence electrons. The number of aryl methyl sites for hydroxylation is 1. The van der Waals surface area contributed by atoms with E-state index in [-0.39, 0.29) is 0 Å². The van der Waals surface area contributed by atoms with E-state index in [1.807, 2.05) is 7.05 Å². The maximum absolute atomic E-state index is 5.40. The van der Waals surface area contributed by atoms with Gasteiger partial charge in [0.25, 0.3) is 0 Å². The molecule has 0 aromatic carbocycles. The number of morpholine rings is 1. The highest BCUT2D eigenvalue weighted by atomic mass is 32.1. The first-order chi connectivity index (χ1) is 13.8. The van der Waals surface area contributed by atoms with Gasteiger partial charge in [-0.25, -0.2) is 4.98 Å². The van der Waals surface area contributed by atoms with E-state index in [0.717, 1.165) is 83.9 Å². The number of hydrogen-bond acceptors (Lipinski definition) is 6. The Morgan fingerprint density at radius 1 is 1.21 bits per heavy atom. The van der Waals surface area contributed by atoms with Crippen molar-refractivity contribution in [2.24, 2.45) is 10.9 Å². The van der Waals surface area contributed by atoms with Gasteiger partial charge in [-0.15, -0.1) is 11.3 Å². The summed E-state index contributed by atoms with van der Waals surface area (Å²) >= 11 is 1.79. The zero-order valence-corrected chi connectivity index (χ0v) is 18.3. The Bertz CT molecular complexity index is 593. The molecule has 1 aromatic rings. The van der Waals surface area contributed by atoms with Crippen molar-refractivity contribution in [1.82, 2.24) is 25.4 Å². The molecule has 0 radical (unpaired) electrons. The lowest BCUT2D eigenvalue weighted by atomic mass is 9.97. The quantitative estimate of drug-likeness (QED) is 0.501. The predicted molar refractivity (Wildman–Crippen MR) is 116 cm³/mol. The van der Waals surface area contributed by atoms with E-state index in [4.69, 9.17) is 9.72 Å². The monoisotopic (exact) mass is 408 g/mol. The molecule has 0 saturated carbocycles. The van der Waals surface area contributed by atoms with Crippen LogP contribution < -0.4 is 10.6 Å². The summed E-state index contributed by atoms with van der Waals surface area (Å²) in [5.41, 5.74) is 1.24. The minimum absolute atomic E-state index is 0.718. The number of aromatic nitrogens is 1. The Morgan fingerprint density at radius 2 is 2.00 bits per heavy atom. The van der Waals surface area contributed by atoms with Crippen LogP contribution in [-0.2, 0) is 17.7 Å². The van der Waals surface area contributed by atoms with Crippen LogP contribution in [0.15, 0.2) is 10.4 Å². The maximum atomic E-state index is 5.40. The number of guanidine groups is 1. The molecule has 0 spiro atoms. The second-order valence-corrected chi connectivity index (χ2v) is 8.58. The Labute approximate surface area is 173 Å². The van der Waals surface area contributed by atoms with Gasteiger partial charge in [-0.3, -0.25) is 14.8 Å². The Hall–Kier alpha value is -1.22. The van der Waals surface area contributed by atoms with Gasteiger partial charge in [0, 0.05) is 51.7 Å². The molecule has 0 aliphatic carbocycles. The van der Waals surface area contributed by atoms with Crippen molar-refractivity contribution in [3.05, 3.63) is 16.1 Å². The molecule has 3 heterocycles. The molecule has 2 aliphatic heterocycles. The number of piperidine rings is 1. The highest BCUT2D eigenvalue weighted by molar-refractivity contribution is 7.09. The molecule has 0 bridgehead atoms. The fraction of sp³-hybridized carbons (Fsp3) is 0.800. The van der Waals surface area contributed by atoms with Crippen LogP contribution >= 0.6 is 11.3 Å². The first-order valence-electron chi connectivity index (χ1n) is 10.7. The minimum Gasteiger partial charge on any atom is -0.379 e. The van der Waals surface area contributed by atoms with E-state index < -0.39 is 0 Å². The molecule has 0 atom stereocenters. The summed E-state index contributed by atoms with van der Waals surface area (Å²) < 4.78 is 5.40. The zero-order chi connectivity index (χ0) is 19.6. The van der Waals surface area contributed by atoms with Crippen molar-refractivity contribution in [3.8, 4) is 0 Å². The summed E-state index contributed by atoms with van der Waals surface area (Å²) in [6, 6.07) is 0. The smallest absolute Gasteiger partial charge is 0.191 e. The van der Waals surface area contributed by atoms with E-state index in [1.165, 1.54) is 23.5 Å². The number of likely N-dealkylation sites (tertiary alicyclic amines) is 1. The molecule has 1 aromatic heterocycles. The van der Waals surface area contributed by atoms with E-state index in [0.29, 0.717) is 0 Å². The van der Waals surface area contributed by atoms with Crippen LogP contribution in [0.3, 0.4) is 0 Å². The Kier molecular flexibility index (Phi) is 8.98. The average molecular weight is 409 g/mol. The summed E-state index contributed by atoms with van der Waals surface area (Å²) in [5, 5.41) is 10.4. The molecular formula is C20H36N6OS. The molecular weight excluding hydrogens is 372 g/mol. The molecule has 2 fully saturated rings. The number of nitrogens with zero attached hydrogens (tertiary/aromatic N) is 4. The van der Waals surface area contributed by atoms with Crippen LogP contribution in [0.2, 0.25) is 0 Å². The van der Waals surface area contributed by atoms with Crippen LogP contribution in [0.25, 0.3) is 0 Å². The van der Waals surface area contributed by atoms with Gasteiger partial charge >= 0.3 is 0 Å². The van der Waals surface area contributed by atoms with Crippen LogP contribution in [-0.4, -0.2) is 86.8 Å². The highest BCUT2D eigenvalue weighted by Gasteiger charge is 2.20. The van der Waals surface area contributed by atoms with Gasteiger partial charge < -0.3 is 15.4 Å². The normalized spacial score (nSPS) is 20.4. The highest BCUT2D eigenvalue weighted by Crippen LogP contribution is 2.19. The van der Waals surface area contributed by atoms with Crippen molar-refractivity contribution in [2.45, 2.75) is 32.7 Å². The Balaban J connectivity index is 1.29. The minimum atomic E-state index is 0.718. The van der Waals surface area contributed by atoms with Gasteiger partial charge in [-0.2, -0.15) is 0 Å². The standard InChI is InChI=1S/C20H36N6OS/c1-3-19-24-18(16-28-19)15-26-7-4-17(5-8-26)14-23-20(21-2)22-6-9-25-10-12-27-13-11-25/h16-17H,3-15H2,1-2H3,(H2,21,22,23). The van der Waals surface area contributed by atoms with Gasteiger partial charge in [0.1, 0.15) is 0 Å².